The van der Waals surface area contributed by atoms with Gasteiger partial charge in [0.1, 0.15) is 85.4 Å². The lowest BCUT2D eigenvalue weighted by molar-refractivity contribution is -0.381. The van der Waals surface area contributed by atoms with Gasteiger partial charge in [0.2, 0.25) is 0 Å². The van der Waals surface area contributed by atoms with Crippen LogP contribution in [-0.2, 0) is 213 Å². The topological polar surface area (TPSA) is 854 Å². The van der Waals surface area contributed by atoms with Crippen molar-refractivity contribution in [3.8, 4) is 0 Å². The van der Waals surface area contributed by atoms with Crippen molar-refractivity contribution in [1.82, 2.24) is 4.72 Å². The van der Waals surface area contributed by atoms with Crippen LogP contribution in [0.3, 0.4) is 0 Å². The zero-order valence-electron chi connectivity index (χ0n) is 49.9. The van der Waals surface area contributed by atoms with Crippen LogP contribution >= 0.6 is 0 Å². The van der Waals surface area contributed by atoms with Crippen LogP contribution in [0.15, 0.2) is 0 Å². The van der Waals surface area contributed by atoms with Crippen LogP contribution in [0.25, 0.3) is 0 Å². The first-order valence-corrected chi connectivity index (χ1v) is 39.6. The van der Waals surface area contributed by atoms with Gasteiger partial charge in [-0.3, -0.25) is 45.5 Å². The average molecular weight is 1710 g/mol. The number of carboxylic acid groups (broad SMARTS) is 2. The van der Waals surface area contributed by atoms with Crippen molar-refractivity contribution < 1.29 is 254 Å². The SMILES string of the molecule is CO[C@@H]1[C@@H](OS(=O)(=O)O)[C@H](O[C@H]2[C@H](OS(=O)(=O)O)[C@@H](OS(=O)(=O)O)[C@@H](O[C@H]3[C@H](OC)[C@@H](OS(=O)(=O)O)[C@H](O[C@H]4[C@H](OS(=O)(=O)O)[C@@H](OS(=O)(=O)O)[C@@H](O)O[C@@H]4COS(=O)(=O)O)O[C@H]3C(=O)O)O[C@@H]2COS(=O)(=O)O)O[C@H](C(=O)O)[C@H]1O[C@H]1O[C@H](COS(=O)(=O)O)[C@@H](OC)[C@H](OC)[C@H]1NS(=O)(=O)O. The van der Waals surface area contributed by atoms with Gasteiger partial charge in [0.15, 0.2) is 68.1 Å². The van der Waals surface area contributed by atoms with Crippen molar-refractivity contribution in [3.05, 3.63) is 0 Å². The molecule has 25 atom stereocenters. The summed E-state index contributed by atoms with van der Waals surface area (Å²) in [5.41, 5.74) is 0. The summed E-state index contributed by atoms with van der Waals surface area (Å²) in [7, 11) is -58.3. The fourth-order valence-electron chi connectivity index (χ4n) is 10.1. The largest absolute Gasteiger partial charge is 0.479 e. The summed E-state index contributed by atoms with van der Waals surface area (Å²) in [4.78, 5) is 26.6. The first-order valence-electron chi connectivity index (χ1n) is 25.8. The number of carboxylic acids is 2. The van der Waals surface area contributed by atoms with Crippen LogP contribution in [0, 0.1) is 0 Å². The minimum atomic E-state index is -6.54. The van der Waals surface area contributed by atoms with Crippen molar-refractivity contribution in [1.29, 1.82) is 0 Å². The van der Waals surface area contributed by atoms with E-state index in [1.165, 1.54) is 4.72 Å². The molecular weight excluding hydrogens is 1650 g/mol. The maximum Gasteiger partial charge on any atom is 0.397 e. The van der Waals surface area contributed by atoms with Crippen LogP contribution in [-0.4, -0.2) is 359 Å². The molecule has 5 rings (SSSR count). The van der Waals surface area contributed by atoms with Gasteiger partial charge >= 0.3 is 116 Å². The Balaban J connectivity index is 1.73. The number of hydrogen-bond acceptors (Lipinski definition) is 45. The highest BCUT2D eigenvalue weighted by Gasteiger charge is 2.63. The van der Waals surface area contributed by atoms with E-state index in [0.29, 0.717) is 14.2 Å². The quantitative estimate of drug-likeness (QED) is 0.0257. The van der Waals surface area contributed by atoms with E-state index in [-0.39, 0.29) is 0 Å². The lowest BCUT2D eigenvalue weighted by atomic mass is 9.94. The van der Waals surface area contributed by atoms with E-state index in [0.717, 1.165) is 14.2 Å². The molecule has 0 aromatic rings. The number of aliphatic carboxylic acids is 2. The summed E-state index contributed by atoms with van der Waals surface area (Å²) < 4.78 is 454. The van der Waals surface area contributed by atoms with Gasteiger partial charge in [-0.05, 0) is 0 Å². The molecule has 0 bridgehead atoms. The third-order valence-electron chi connectivity index (χ3n) is 13.4. The molecule has 68 heteroatoms. The second-order valence-electron chi connectivity index (χ2n) is 20.1. The summed E-state index contributed by atoms with van der Waals surface area (Å²) >= 11 is 0. The number of carbonyl (C=O) groups is 2. The fraction of sp³-hybridized carbons (Fsp3) is 0.941. The van der Waals surface area contributed by atoms with Crippen molar-refractivity contribution in [2.75, 3.05) is 48.3 Å². The number of methoxy groups -OCH3 is 4. The van der Waals surface area contributed by atoms with Gasteiger partial charge in [-0.25, -0.2) is 47.2 Å². The molecule has 600 valence electrons. The molecule has 5 aliphatic rings. The maximum absolute atomic E-state index is 13.3. The van der Waals surface area contributed by atoms with E-state index in [4.69, 9.17) is 61.6 Å². The van der Waals surface area contributed by atoms with Crippen molar-refractivity contribution >= 4 is 116 Å². The average Bonchev–Trinajstić information content (AvgIpc) is 0.757. The number of rotatable bonds is 37. The predicted octanol–water partition coefficient (Wildman–Crippen LogP) is -11.3. The minimum Gasteiger partial charge on any atom is -0.479 e. The van der Waals surface area contributed by atoms with Gasteiger partial charge in [-0.15, -0.1) is 0 Å². The smallest absolute Gasteiger partial charge is 0.397 e. The molecule has 102 heavy (non-hydrogen) atoms. The third kappa shape index (κ3) is 27.0. The molecule has 14 N–H and O–H groups in total. The van der Waals surface area contributed by atoms with Gasteiger partial charge in [0.25, 0.3) is 0 Å². The second-order valence-corrected chi connectivity index (χ2v) is 30.8. The van der Waals surface area contributed by atoms with Gasteiger partial charge < -0.3 is 76.9 Å². The van der Waals surface area contributed by atoms with Crippen molar-refractivity contribution in [2.45, 2.75) is 153 Å². The lowest BCUT2D eigenvalue weighted by Gasteiger charge is -2.51. The highest BCUT2D eigenvalue weighted by molar-refractivity contribution is 7.84. The summed E-state index contributed by atoms with van der Waals surface area (Å²) in [5.74, 6) is -5.04. The Hall–Kier alpha value is -2.92. The van der Waals surface area contributed by atoms with Crippen LogP contribution in [0.4, 0.5) is 0 Å². The van der Waals surface area contributed by atoms with E-state index in [1.807, 2.05) is 0 Å². The highest BCUT2D eigenvalue weighted by Crippen LogP contribution is 2.42. The van der Waals surface area contributed by atoms with Crippen molar-refractivity contribution in [2.24, 2.45) is 0 Å². The molecule has 58 nitrogen and oxygen atoms in total. The first kappa shape index (κ1) is 89.7. The maximum atomic E-state index is 13.3. The van der Waals surface area contributed by atoms with Gasteiger partial charge in [-0.1, -0.05) is 0 Å². The molecule has 0 aliphatic carbocycles. The lowest BCUT2D eigenvalue weighted by Crippen LogP contribution is -2.70. The van der Waals surface area contributed by atoms with E-state index in [1.54, 1.807) is 0 Å². The standard InChI is InChI=1S/C34H57NO57S10/c1-71-12-8(5-75-94(44,45)46)79-31(11(15(12)72-2)35-93(41,42)43)83-18-16(73-3)25(90-100(62,63)64)34(85-22(18)28(36)37)82-14-10(7-77-96(50,51)52)80-32(27(92-102(68,69)70)21(14)88-98(56,57)58)84-19-17(74-4)26(91-101(65,66)67)33(86-23(19)29(38)39)81-13-9(6-76-95(47,48)49)78-30(40)24(89-99(59,60)61)20(13)87-97(53,54)55/h8-27,30-35,40H,5-7H2,1-4H3,(H,36,37)(H,38,39)(H,41,42,43)(H,44,45,46)(H,47,48,49)(H,50,51,52)(H,53,54,55)(H,56,57,58)(H,59,60,61)(H,62,63,64)(H,65,66,67)(H,68,69,70)/t8-,9-,10-,11-,12-,13-,14-,15-,16+,17+,18+,19+,20+,21+,22+,23-,24-,25-,26-,27-,30+,31-,32-,33-,34-/m1/s1. The zero-order chi connectivity index (χ0) is 78.0. The normalized spacial score (nSPS) is 36.1. The van der Waals surface area contributed by atoms with E-state index in [2.05, 4.69) is 37.6 Å². The monoisotopic (exact) mass is 1710 g/mol. The third-order valence-corrected chi connectivity index (χ3v) is 18.1. The van der Waals surface area contributed by atoms with E-state index in [9.17, 15) is 155 Å². The van der Waals surface area contributed by atoms with Crippen molar-refractivity contribution in [3.63, 3.8) is 0 Å². The van der Waals surface area contributed by atoms with E-state index >= 15 is 0 Å². The molecule has 5 fully saturated rings. The minimum absolute atomic E-state index is 0.350. The number of aliphatic hydroxyl groups is 1. The summed E-state index contributed by atoms with van der Waals surface area (Å²) in [6.45, 7) is -5.36. The second kappa shape index (κ2) is 34.3. The molecule has 0 spiro atoms. The Labute approximate surface area is 573 Å². The Kier molecular flexibility index (Phi) is 30.2. The van der Waals surface area contributed by atoms with Gasteiger partial charge in [0.05, 0.1) is 19.8 Å². The fourth-order valence-corrected chi connectivity index (χ4v) is 14.6. The number of aliphatic hydroxyl groups excluding tert-OH is 1. The Morgan fingerprint density at radius 2 is 0.578 bits per heavy atom. The Morgan fingerprint density at radius 1 is 0.314 bits per heavy atom. The number of nitrogens with one attached hydrogen (secondary N) is 1. The van der Waals surface area contributed by atoms with Crippen LogP contribution in [0.5, 0.6) is 0 Å². The highest BCUT2D eigenvalue weighted by atomic mass is 32.3. The van der Waals surface area contributed by atoms with Crippen LogP contribution in [0.2, 0.25) is 0 Å². The molecule has 0 aromatic heterocycles. The van der Waals surface area contributed by atoms with Gasteiger partial charge in [0, 0.05) is 28.4 Å². The summed E-state index contributed by atoms with van der Waals surface area (Å²) in [6.07, 6.45) is -72.1. The molecule has 0 radical (unpaired) electrons. The summed E-state index contributed by atoms with van der Waals surface area (Å²) in [5, 5.41) is 32.0. The predicted molar refractivity (Wildman–Crippen MR) is 293 cm³/mol. The van der Waals surface area contributed by atoms with Gasteiger partial charge in [-0.2, -0.15) is 88.9 Å². The summed E-state index contributed by atoms with van der Waals surface area (Å²) in [6, 6.07) is -2.32. The molecule has 0 unspecified atom stereocenters. The molecular formula is C34H57NO57S10. The molecule has 0 amide bonds. The number of hydrogen-bond donors (Lipinski definition) is 14. The molecule has 0 aromatic carbocycles. The van der Waals surface area contributed by atoms with E-state index < -0.39 is 289 Å². The molecule has 5 saturated heterocycles. The zero-order valence-corrected chi connectivity index (χ0v) is 58.1. The Bertz CT molecular complexity index is 4100. The molecule has 5 aliphatic heterocycles. The Morgan fingerprint density at radius 3 is 0.892 bits per heavy atom. The number of ether oxygens (including phenoxy) is 13. The van der Waals surface area contributed by atoms with Crippen LogP contribution < -0.4 is 4.72 Å². The molecule has 5 heterocycles. The van der Waals surface area contributed by atoms with Crippen LogP contribution in [0.1, 0.15) is 0 Å². The molecule has 0 saturated carbocycles. The first-order chi connectivity index (χ1) is 46.1.